The van der Waals surface area contributed by atoms with Gasteiger partial charge in [-0.25, -0.2) is 0 Å². The quantitative estimate of drug-likeness (QED) is 0.487. The number of hydrogen-bond acceptors (Lipinski definition) is 1. The van der Waals surface area contributed by atoms with Gasteiger partial charge in [-0.2, -0.15) is 12.6 Å². The van der Waals surface area contributed by atoms with E-state index in [0.29, 0.717) is 0 Å². The van der Waals surface area contributed by atoms with E-state index in [-0.39, 0.29) is 0 Å². The van der Waals surface area contributed by atoms with Crippen LogP contribution in [0.3, 0.4) is 0 Å². The van der Waals surface area contributed by atoms with E-state index in [1.807, 2.05) is 0 Å². The molecule has 0 bridgehead atoms. The highest BCUT2D eigenvalue weighted by molar-refractivity contribution is 7.80. The fraction of sp³-hybridized carbons (Fsp3) is 0.800. The Morgan fingerprint density at radius 1 is 1.09 bits per heavy atom. The third-order valence-electron chi connectivity index (χ3n) is 2.47. The van der Waals surface area contributed by atoms with E-state index in [1.54, 1.807) is 0 Å². The molecule has 1 heteroatoms. The number of hydrogen-bond donors (Lipinski definition) is 1. The molecule has 0 aliphatic heterocycles. The second kappa shape index (κ2) is 5.70. The van der Waals surface area contributed by atoms with Crippen molar-refractivity contribution in [3.63, 3.8) is 0 Å². The summed E-state index contributed by atoms with van der Waals surface area (Å²) in [6.07, 6.45) is 13.0. The average molecular weight is 170 g/mol. The number of thiol groups is 1. The zero-order valence-corrected chi connectivity index (χ0v) is 8.02. The van der Waals surface area contributed by atoms with Gasteiger partial charge in [0.1, 0.15) is 0 Å². The van der Waals surface area contributed by atoms with E-state index in [1.165, 1.54) is 38.5 Å². The lowest BCUT2D eigenvalue weighted by atomic mass is 9.87. The maximum absolute atomic E-state index is 4.13. The second-order valence-electron chi connectivity index (χ2n) is 3.39. The van der Waals surface area contributed by atoms with Crippen molar-refractivity contribution < 1.29 is 0 Å². The molecule has 0 spiro atoms. The van der Waals surface area contributed by atoms with Gasteiger partial charge in [0, 0.05) is 5.75 Å². The SMILES string of the molecule is SC/C=C/CC1CCCCC1. The Bertz CT molecular complexity index is 112. The van der Waals surface area contributed by atoms with Crippen LogP contribution in [0.25, 0.3) is 0 Å². The molecule has 11 heavy (non-hydrogen) atoms. The van der Waals surface area contributed by atoms with E-state index in [9.17, 15) is 0 Å². The molecule has 0 nitrogen and oxygen atoms in total. The first kappa shape index (κ1) is 9.18. The van der Waals surface area contributed by atoms with E-state index < -0.39 is 0 Å². The minimum atomic E-state index is 0.896. The summed E-state index contributed by atoms with van der Waals surface area (Å²) in [6, 6.07) is 0. The summed E-state index contributed by atoms with van der Waals surface area (Å²) in [6.45, 7) is 0. The van der Waals surface area contributed by atoms with Crippen LogP contribution >= 0.6 is 12.6 Å². The van der Waals surface area contributed by atoms with Crippen LogP contribution in [-0.4, -0.2) is 5.75 Å². The first-order valence-corrected chi connectivity index (χ1v) is 5.32. The summed E-state index contributed by atoms with van der Waals surface area (Å²) in [5.74, 6) is 1.88. The summed E-state index contributed by atoms with van der Waals surface area (Å²) in [5, 5.41) is 0. The Kier molecular flexibility index (Phi) is 4.76. The van der Waals surface area contributed by atoms with Gasteiger partial charge in [0.25, 0.3) is 0 Å². The molecule has 64 valence electrons. The van der Waals surface area contributed by atoms with Crippen molar-refractivity contribution in [3.8, 4) is 0 Å². The summed E-state index contributed by atoms with van der Waals surface area (Å²) >= 11 is 4.13. The van der Waals surface area contributed by atoms with E-state index in [2.05, 4.69) is 24.8 Å². The van der Waals surface area contributed by atoms with Crippen LogP contribution in [0.2, 0.25) is 0 Å². The predicted molar refractivity (Wildman–Crippen MR) is 54.2 cm³/mol. The first-order chi connectivity index (χ1) is 5.43. The topological polar surface area (TPSA) is 0 Å². The fourth-order valence-electron chi connectivity index (χ4n) is 1.79. The van der Waals surface area contributed by atoms with Crippen LogP contribution in [-0.2, 0) is 0 Å². The molecule has 0 amide bonds. The van der Waals surface area contributed by atoms with Gasteiger partial charge in [-0.15, -0.1) is 0 Å². The summed E-state index contributed by atoms with van der Waals surface area (Å²) in [4.78, 5) is 0. The monoisotopic (exact) mass is 170 g/mol. The summed E-state index contributed by atoms with van der Waals surface area (Å²) in [7, 11) is 0. The van der Waals surface area contributed by atoms with Crippen LogP contribution < -0.4 is 0 Å². The van der Waals surface area contributed by atoms with Crippen molar-refractivity contribution in [2.45, 2.75) is 38.5 Å². The maximum atomic E-state index is 4.13. The van der Waals surface area contributed by atoms with Gasteiger partial charge in [0.05, 0.1) is 0 Å². The van der Waals surface area contributed by atoms with Crippen LogP contribution in [0.1, 0.15) is 38.5 Å². The van der Waals surface area contributed by atoms with Crippen molar-refractivity contribution in [2.75, 3.05) is 5.75 Å². The molecule has 1 fully saturated rings. The molecule has 1 aliphatic carbocycles. The van der Waals surface area contributed by atoms with Gasteiger partial charge in [-0.1, -0.05) is 44.3 Å². The highest BCUT2D eigenvalue weighted by Gasteiger charge is 2.10. The lowest BCUT2D eigenvalue weighted by Gasteiger charge is -2.19. The third kappa shape index (κ3) is 3.85. The third-order valence-corrected chi connectivity index (χ3v) is 2.68. The molecule has 0 aromatic heterocycles. The average Bonchev–Trinajstić information content (AvgIpc) is 2.07. The molecule has 0 aromatic rings. The van der Waals surface area contributed by atoms with Crippen molar-refractivity contribution in [3.05, 3.63) is 12.2 Å². The van der Waals surface area contributed by atoms with Crippen LogP contribution in [0, 0.1) is 5.92 Å². The molecular weight excluding hydrogens is 152 g/mol. The van der Waals surface area contributed by atoms with Crippen molar-refractivity contribution in [1.29, 1.82) is 0 Å². The van der Waals surface area contributed by atoms with Crippen LogP contribution in [0.4, 0.5) is 0 Å². The summed E-state index contributed by atoms with van der Waals surface area (Å²) < 4.78 is 0. The Morgan fingerprint density at radius 3 is 2.45 bits per heavy atom. The Labute approximate surface area is 75.5 Å². The number of allylic oxidation sites excluding steroid dienone is 1. The summed E-state index contributed by atoms with van der Waals surface area (Å²) in [5.41, 5.74) is 0. The lowest BCUT2D eigenvalue weighted by molar-refractivity contribution is 0.361. The zero-order valence-electron chi connectivity index (χ0n) is 7.13. The Balaban J connectivity index is 2.09. The van der Waals surface area contributed by atoms with E-state index in [0.717, 1.165) is 11.7 Å². The molecule has 1 aliphatic rings. The first-order valence-electron chi connectivity index (χ1n) is 4.69. The smallest absolute Gasteiger partial charge is 0.00825 e. The Morgan fingerprint density at radius 2 is 1.82 bits per heavy atom. The lowest BCUT2D eigenvalue weighted by Crippen LogP contribution is -2.04. The molecular formula is C10H18S. The van der Waals surface area contributed by atoms with Crippen LogP contribution in [0.15, 0.2) is 12.2 Å². The molecule has 0 heterocycles. The van der Waals surface area contributed by atoms with E-state index >= 15 is 0 Å². The minimum absolute atomic E-state index is 0.896. The molecule has 0 radical (unpaired) electrons. The Hall–Kier alpha value is 0.0900. The van der Waals surface area contributed by atoms with Gasteiger partial charge in [-0.3, -0.25) is 0 Å². The van der Waals surface area contributed by atoms with Gasteiger partial charge in [0.2, 0.25) is 0 Å². The van der Waals surface area contributed by atoms with Gasteiger partial charge in [-0.05, 0) is 12.3 Å². The number of rotatable bonds is 3. The van der Waals surface area contributed by atoms with Gasteiger partial charge >= 0.3 is 0 Å². The minimum Gasteiger partial charge on any atom is -0.175 e. The van der Waals surface area contributed by atoms with E-state index in [4.69, 9.17) is 0 Å². The molecule has 1 saturated carbocycles. The van der Waals surface area contributed by atoms with Crippen molar-refractivity contribution in [2.24, 2.45) is 5.92 Å². The van der Waals surface area contributed by atoms with Crippen LogP contribution in [0.5, 0.6) is 0 Å². The van der Waals surface area contributed by atoms with Gasteiger partial charge in [0.15, 0.2) is 0 Å². The molecule has 0 aromatic carbocycles. The maximum Gasteiger partial charge on any atom is 0.00825 e. The molecule has 0 unspecified atom stereocenters. The largest absolute Gasteiger partial charge is 0.175 e. The highest BCUT2D eigenvalue weighted by Crippen LogP contribution is 2.26. The standard InChI is InChI=1S/C10H18S/c11-9-5-4-8-10-6-2-1-3-7-10/h4-5,10-11H,1-3,6-9H2/b5-4+. The normalized spacial score (nSPS) is 21.2. The predicted octanol–water partition coefficient (Wildman–Crippen LogP) is 3.44. The zero-order chi connectivity index (χ0) is 7.94. The van der Waals surface area contributed by atoms with Crippen molar-refractivity contribution >= 4 is 12.6 Å². The molecule has 1 rings (SSSR count). The second-order valence-corrected chi connectivity index (χ2v) is 3.76. The molecule has 0 N–H and O–H groups in total. The molecule has 0 atom stereocenters. The highest BCUT2D eigenvalue weighted by atomic mass is 32.1. The van der Waals surface area contributed by atoms with Crippen molar-refractivity contribution in [1.82, 2.24) is 0 Å². The fourth-order valence-corrected chi connectivity index (χ4v) is 1.94. The molecule has 0 saturated heterocycles. The van der Waals surface area contributed by atoms with Gasteiger partial charge < -0.3 is 0 Å².